The Balaban J connectivity index is 1.71. The molecule has 2 N–H and O–H groups in total. The van der Waals surface area contributed by atoms with Crippen LogP contribution in [-0.4, -0.2) is 38.3 Å². The summed E-state index contributed by atoms with van der Waals surface area (Å²) in [5.74, 6) is 0.640. The van der Waals surface area contributed by atoms with Gasteiger partial charge >= 0.3 is 0 Å². The second-order valence-corrected chi connectivity index (χ2v) is 6.51. The van der Waals surface area contributed by atoms with Gasteiger partial charge in [-0.15, -0.1) is 0 Å². The molecule has 1 amide bonds. The topological polar surface area (TPSA) is 50.4 Å². The van der Waals surface area contributed by atoms with Gasteiger partial charge in [0.15, 0.2) is 0 Å². The fourth-order valence-corrected chi connectivity index (χ4v) is 3.06. The fourth-order valence-electron chi connectivity index (χ4n) is 2.65. The van der Waals surface area contributed by atoms with Gasteiger partial charge in [0, 0.05) is 24.2 Å². The number of halogens is 1. The minimum absolute atomic E-state index is 0.0398. The van der Waals surface area contributed by atoms with Crippen molar-refractivity contribution in [3.05, 3.63) is 34.3 Å². The monoisotopic (exact) mass is 354 g/mol. The number of carbonyl (C=O) groups excluding carboxylic acids is 1. The lowest BCUT2D eigenvalue weighted by molar-refractivity contribution is -0.123. The van der Waals surface area contributed by atoms with Crippen molar-refractivity contribution in [3.8, 4) is 0 Å². The number of rotatable bonds is 7. The summed E-state index contributed by atoms with van der Waals surface area (Å²) >= 11 is 3.51. The largest absolute Gasteiger partial charge is 0.383 e. The highest BCUT2D eigenvalue weighted by Gasteiger charge is 2.32. The number of ether oxygens (including phenoxy) is 1. The van der Waals surface area contributed by atoms with Crippen molar-refractivity contribution in [1.82, 2.24) is 10.6 Å². The molecule has 1 aliphatic rings. The molecule has 0 aromatic heterocycles. The van der Waals surface area contributed by atoms with E-state index in [0.29, 0.717) is 25.1 Å². The highest BCUT2D eigenvalue weighted by Crippen LogP contribution is 2.37. The summed E-state index contributed by atoms with van der Waals surface area (Å²) in [6, 6.07) is 8.75. The average molecular weight is 355 g/mol. The maximum absolute atomic E-state index is 11.9. The molecule has 1 aliphatic carbocycles. The average Bonchev–Trinajstić information content (AvgIpc) is 2.42. The van der Waals surface area contributed by atoms with Crippen LogP contribution in [0.5, 0.6) is 0 Å². The molecule has 0 spiro atoms. The molecule has 1 aromatic carbocycles. The van der Waals surface area contributed by atoms with E-state index in [4.69, 9.17) is 4.74 Å². The van der Waals surface area contributed by atoms with Gasteiger partial charge in [-0.05, 0) is 43.4 Å². The van der Waals surface area contributed by atoms with Crippen LogP contribution in [0.15, 0.2) is 28.7 Å². The molecule has 116 valence electrons. The molecule has 5 heteroatoms. The second-order valence-electron chi connectivity index (χ2n) is 5.59. The predicted octanol–water partition coefficient (Wildman–Crippen LogP) is 2.44. The van der Waals surface area contributed by atoms with Gasteiger partial charge in [-0.25, -0.2) is 0 Å². The summed E-state index contributed by atoms with van der Waals surface area (Å²) < 4.78 is 6.05. The Morgan fingerprint density at radius 3 is 2.90 bits per heavy atom. The molecule has 21 heavy (non-hydrogen) atoms. The molecule has 4 nitrogen and oxygen atoms in total. The van der Waals surface area contributed by atoms with Crippen LogP contribution in [0.3, 0.4) is 0 Å². The van der Waals surface area contributed by atoms with Gasteiger partial charge in [0.25, 0.3) is 0 Å². The molecule has 1 aromatic rings. The van der Waals surface area contributed by atoms with E-state index in [1.54, 1.807) is 7.11 Å². The van der Waals surface area contributed by atoms with E-state index in [-0.39, 0.29) is 11.9 Å². The molecule has 2 rings (SSSR count). The molecule has 1 fully saturated rings. The normalized spacial score (nSPS) is 22.4. The zero-order valence-electron chi connectivity index (χ0n) is 12.6. The Labute approximate surface area is 134 Å². The van der Waals surface area contributed by atoms with E-state index >= 15 is 0 Å². The zero-order chi connectivity index (χ0) is 15.2. The molecular formula is C16H23BrN2O2. The van der Waals surface area contributed by atoms with Crippen molar-refractivity contribution < 1.29 is 9.53 Å². The molecule has 1 unspecified atom stereocenters. The Morgan fingerprint density at radius 2 is 2.24 bits per heavy atom. The van der Waals surface area contributed by atoms with E-state index in [1.807, 2.05) is 13.0 Å². The maximum Gasteiger partial charge on any atom is 0.236 e. The van der Waals surface area contributed by atoms with Crippen molar-refractivity contribution in [2.75, 3.05) is 20.3 Å². The highest BCUT2D eigenvalue weighted by atomic mass is 79.9. The first kappa shape index (κ1) is 16.5. The first-order chi connectivity index (χ1) is 10.1. The van der Waals surface area contributed by atoms with E-state index in [2.05, 4.69) is 44.8 Å². The summed E-state index contributed by atoms with van der Waals surface area (Å²) in [6.07, 6.45) is 2.18. The zero-order valence-corrected chi connectivity index (χ0v) is 14.2. The first-order valence-electron chi connectivity index (χ1n) is 7.38. The van der Waals surface area contributed by atoms with Crippen molar-refractivity contribution in [2.45, 2.75) is 37.8 Å². The Bertz CT molecular complexity index is 475. The smallest absolute Gasteiger partial charge is 0.236 e. The van der Waals surface area contributed by atoms with Gasteiger partial charge in [-0.2, -0.15) is 0 Å². The van der Waals surface area contributed by atoms with Crippen LogP contribution < -0.4 is 10.6 Å². The second kappa shape index (κ2) is 7.92. The van der Waals surface area contributed by atoms with Crippen molar-refractivity contribution in [1.29, 1.82) is 0 Å². The number of nitrogens with one attached hydrogen (secondary N) is 2. The molecule has 0 heterocycles. The molecular weight excluding hydrogens is 332 g/mol. The number of hydrogen-bond donors (Lipinski definition) is 2. The Hall–Kier alpha value is -0.910. The van der Waals surface area contributed by atoms with Crippen molar-refractivity contribution in [2.24, 2.45) is 0 Å². The standard InChI is InChI=1S/C16H23BrN2O2/c1-11(16(20)18-6-7-21-2)19-15-9-13(10-15)12-4-3-5-14(17)8-12/h3-5,8,11,13,15,19H,6-7,9-10H2,1-2H3,(H,18,20). The van der Waals surface area contributed by atoms with Gasteiger partial charge < -0.3 is 15.4 Å². The van der Waals surface area contributed by atoms with E-state index in [1.165, 1.54) is 5.56 Å². The summed E-state index contributed by atoms with van der Waals surface area (Å²) in [7, 11) is 1.63. The molecule has 1 saturated carbocycles. The quantitative estimate of drug-likeness (QED) is 0.739. The third kappa shape index (κ3) is 4.80. The molecule has 0 bridgehead atoms. The van der Waals surface area contributed by atoms with Gasteiger partial charge in [0.1, 0.15) is 0 Å². The van der Waals surface area contributed by atoms with Crippen LogP contribution in [-0.2, 0) is 9.53 Å². The van der Waals surface area contributed by atoms with Crippen LogP contribution in [0.25, 0.3) is 0 Å². The van der Waals surface area contributed by atoms with E-state index < -0.39 is 0 Å². The number of carbonyl (C=O) groups is 1. The lowest BCUT2D eigenvalue weighted by Gasteiger charge is -2.38. The lowest BCUT2D eigenvalue weighted by Crippen LogP contribution is -2.51. The molecule has 0 saturated heterocycles. The minimum atomic E-state index is -0.157. The minimum Gasteiger partial charge on any atom is -0.383 e. The van der Waals surface area contributed by atoms with Gasteiger partial charge in [-0.1, -0.05) is 28.1 Å². The van der Waals surface area contributed by atoms with Crippen LogP contribution in [0.4, 0.5) is 0 Å². The Kier molecular flexibility index (Phi) is 6.21. The predicted molar refractivity (Wildman–Crippen MR) is 87.4 cm³/mol. The van der Waals surface area contributed by atoms with E-state index in [0.717, 1.165) is 17.3 Å². The van der Waals surface area contributed by atoms with Crippen molar-refractivity contribution >= 4 is 21.8 Å². The molecule has 0 aliphatic heterocycles. The lowest BCUT2D eigenvalue weighted by atomic mass is 9.75. The molecule has 0 radical (unpaired) electrons. The van der Waals surface area contributed by atoms with Crippen LogP contribution in [0.1, 0.15) is 31.2 Å². The fraction of sp³-hybridized carbons (Fsp3) is 0.562. The van der Waals surface area contributed by atoms with Crippen LogP contribution in [0, 0.1) is 0 Å². The van der Waals surface area contributed by atoms with Crippen LogP contribution in [0.2, 0.25) is 0 Å². The third-order valence-electron chi connectivity index (χ3n) is 3.94. The highest BCUT2D eigenvalue weighted by molar-refractivity contribution is 9.10. The third-order valence-corrected chi connectivity index (χ3v) is 4.44. The maximum atomic E-state index is 11.9. The summed E-state index contributed by atoms with van der Waals surface area (Å²) in [6.45, 7) is 3.02. The Morgan fingerprint density at radius 1 is 1.48 bits per heavy atom. The summed E-state index contributed by atoms with van der Waals surface area (Å²) in [4.78, 5) is 11.9. The van der Waals surface area contributed by atoms with Gasteiger partial charge in [0.2, 0.25) is 5.91 Å². The van der Waals surface area contributed by atoms with Crippen LogP contribution >= 0.6 is 15.9 Å². The number of hydrogen-bond acceptors (Lipinski definition) is 3. The number of methoxy groups -OCH3 is 1. The number of amides is 1. The number of benzene rings is 1. The van der Waals surface area contributed by atoms with E-state index in [9.17, 15) is 4.79 Å². The summed E-state index contributed by atoms with van der Waals surface area (Å²) in [5.41, 5.74) is 1.37. The first-order valence-corrected chi connectivity index (χ1v) is 8.17. The molecule has 1 atom stereocenters. The SMILES string of the molecule is COCCNC(=O)C(C)NC1CC(c2cccc(Br)c2)C1. The van der Waals surface area contributed by atoms with Gasteiger partial charge in [-0.3, -0.25) is 4.79 Å². The van der Waals surface area contributed by atoms with Crippen molar-refractivity contribution in [3.63, 3.8) is 0 Å². The van der Waals surface area contributed by atoms with Gasteiger partial charge in [0.05, 0.1) is 12.6 Å². The summed E-state index contributed by atoms with van der Waals surface area (Å²) in [5, 5.41) is 6.25.